The molecule has 2 rings (SSSR count). The molecule has 0 bridgehead atoms. The number of rotatable bonds is 5. The van der Waals surface area contributed by atoms with Crippen molar-refractivity contribution in [2.45, 2.75) is 6.92 Å². The second kappa shape index (κ2) is 5.84. The standard InChI is InChI=1S/C14H15N3O5/c1-8(14(19)20)7-16(2)13(18)10-6-9-4-3-5-11(17(21)22)12(9)15-10/h3-6,8,15H,7H2,1-2H3,(H,19,20). The van der Waals surface area contributed by atoms with E-state index in [9.17, 15) is 19.7 Å². The number of carboxylic acids is 1. The van der Waals surface area contributed by atoms with Gasteiger partial charge in [-0.3, -0.25) is 19.7 Å². The van der Waals surface area contributed by atoms with E-state index in [4.69, 9.17) is 5.11 Å². The SMILES string of the molecule is CC(CN(C)C(=O)c1cc2cccc([N+](=O)[O-])c2[nH]1)C(=O)O. The van der Waals surface area contributed by atoms with Crippen LogP contribution in [-0.4, -0.2) is 45.4 Å². The molecule has 1 unspecified atom stereocenters. The van der Waals surface area contributed by atoms with Crippen LogP contribution in [0.2, 0.25) is 0 Å². The van der Waals surface area contributed by atoms with Gasteiger partial charge in [-0.1, -0.05) is 19.1 Å². The Morgan fingerprint density at radius 2 is 2.14 bits per heavy atom. The number of nitrogens with one attached hydrogen (secondary N) is 1. The van der Waals surface area contributed by atoms with Gasteiger partial charge in [0.15, 0.2) is 0 Å². The third-order valence-corrected chi connectivity index (χ3v) is 3.38. The summed E-state index contributed by atoms with van der Waals surface area (Å²) in [5.41, 5.74) is 0.345. The van der Waals surface area contributed by atoms with E-state index >= 15 is 0 Å². The molecule has 0 aliphatic carbocycles. The number of benzene rings is 1. The molecule has 2 aromatic rings. The van der Waals surface area contributed by atoms with Crippen LogP contribution < -0.4 is 0 Å². The monoisotopic (exact) mass is 305 g/mol. The Balaban J connectivity index is 2.31. The Kier molecular flexibility index (Phi) is 4.11. The number of non-ortho nitro benzene ring substituents is 1. The number of aromatic nitrogens is 1. The molecule has 0 aliphatic rings. The average molecular weight is 305 g/mol. The van der Waals surface area contributed by atoms with Crippen LogP contribution in [0.3, 0.4) is 0 Å². The predicted octanol–water partition coefficient (Wildman–Crippen LogP) is 1.87. The third-order valence-electron chi connectivity index (χ3n) is 3.38. The Morgan fingerprint density at radius 3 is 2.73 bits per heavy atom. The topological polar surface area (TPSA) is 117 Å². The molecule has 0 aliphatic heterocycles. The van der Waals surface area contributed by atoms with Crippen LogP contribution in [0.25, 0.3) is 10.9 Å². The van der Waals surface area contributed by atoms with Crippen molar-refractivity contribution in [1.82, 2.24) is 9.88 Å². The van der Waals surface area contributed by atoms with Crippen LogP contribution >= 0.6 is 0 Å². The van der Waals surface area contributed by atoms with E-state index in [1.165, 1.54) is 31.0 Å². The second-order valence-corrected chi connectivity index (χ2v) is 5.11. The summed E-state index contributed by atoms with van der Waals surface area (Å²) in [6, 6.07) is 6.07. The van der Waals surface area contributed by atoms with Gasteiger partial charge in [0.2, 0.25) is 0 Å². The highest BCUT2D eigenvalue weighted by atomic mass is 16.6. The molecule has 1 aromatic heterocycles. The number of amides is 1. The minimum absolute atomic E-state index is 0.0472. The first-order valence-electron chi connectivity index (χ1n) is 6.55. The van der Waals surface area contributed by atoms with E-state index in [1.54, 1.807) is 12.1 Å². The van der Waals surface area contributed by atoms with Crippen molar-refractivity contribution >= 4 is 28.5 Å². The second-order valence-electron chi connectivity index (χ2n) is 5.11. The number of carbonyl (C=O) groups excluding carboxylic acids is 1. The van der Waals surface area contributed by atoms with Gasteiger partial charge in [0, 0.05) is 25.0 Å². The molecule has 0 saturated heterocycles. The normalized spacial score (nSPS) is 12.1. The quantitative estimate of drug-likeness (QED) is 0.646. The fourth-order valence-corrected chi connectivity index (χ4v) is 2.18. The minimum atomic E-state index is -0.994. The van der Waals surface area contributed by atoms with Gasteiger partial charge in [0.1, 0.15) is 11.2 Å². The van der Waals surface area contributed by atoms with Crippen molar-refractivity contribution in [3.8, 4) is 0 Å². The van der Waals surface area contributed by atoms with E-state index in [1.807, 2.05) is 0 Å². The van der Waals surface area contributed by atoms with Gasteiger partial charge >= 0.3 is 5.97 Å². The zero-order valence-electron chi connectivity index (χ0n) is 12.1. The lowest BCUT2D eigenvalue weighted by molar-refractivity contribution is -0.383. The molecule has 2 N–H and O–H groups in total. The summed E-state index contributed by atoms with van der Waals surface area (Å²) in [5, 5.41) is 20.4. The first-order valence-corrected chi connectivity index (χ1v) is 6.55. The maximum absolute atomic E-state index is 12.3. The fourth-order valence-electron chi connectivity index (χ4n) is 2.18. The summed E-state index contributed by atoms with van der Waals surface area (Å²) in [4.78, 5) is 37.6. The molecule has 116 valence electrons. The Hall–Kier alpha value is -2.90. The lowest BCUT2D eigenvalue weighted by Gasteiger charge is -2.18. The van der Waals surface area contributed by atoms with Crippen molar-refractivity contribution in [1.29, 1.82) is 0 Å². The average Bonchev–Trinajstić information content (AvgIpc) is 2.89. The predicted molar refractivity (Wildman–Crippen MR) is 78.7 cm³/mol. The number of nitro benzene ring substituents is 1. The highest BCUT2D eigenvalue weighted by Gasteiger charge is 2.21. The molecule has 0 spiro atoms. The number of carboxylic acid groups (broad SMARTS) is 1. The van der Waals surface area contributed by atoms with Gasteiger partial charge in [0.05, 0.1) is 10.8 Å². The summed E-state index contributed by atoms with van der Waals surface area (Å²) in [6.45, 7) is 1.55. The molecule has 1 aromatic carbocycles. The van der Waals surface area contributed by atoms with Crippen LogP contribution in [0.15, 0.2) is 24.3 Å². The van der Waals surface area contributed by atoms with E-state index in [0.29, 0.717) is 5.39 Å². The highest BCUT2D eigenvalue weighted by molar-refractivity contribution is 6.00. The van der Waals surface area contributed by atoms with Crippen LogP contribution in [0.1, 0.15) is 17.4 Å². The smallest absolute Gasteiger partial charge is 0.308 e. The fraction of sp³-hybridized carbons (Fsp3) is 0.286. The molecule has 8 nitrogen and oxygen atoms in total. The van der Waals surface area contributed by atoms with Crippen molar-refractivity contribution in [2.75, 3.05) is 13.6 Å². The number of aliphatic carboxylic acids is 1. The third kappa shape index (κ3) is 2.90. The van der Waals surface area contributed by atoms with Crippen LogP contribution in [0.5, 0.6) is 0 Å². The molecular weight excluding hydrogens is 290 g/mol. The number of hydrogen-bond acceptors (Lipinski definition) is 4. The number of carbonyl (C=O) groups is 2. The van der Waals surface area contributed by atoms with Gasteiger partial charge in [-0.2, -0.15) is 0 Å². The van der Waals surface area contributed by atoms with E-state index in [2.05, 4.69) is 4.98 Å². The van der Waals surface area contributed by atoms with Gasteiger partial charge in [0.25, 0.3) is 11.6 Å². The largest absolute Gasteiger partial charge is 0.481 e. The molecular formula is C14H15N3O5. The summed E-state index contributed by atoms with van der Waals surface area (Å²) >= 11 is 0. The molecule has 1 amide bonds. The maximum atomic E-state index is 12.3. The Labute approximate surface area is 125 Å². The summed E-state index contributed by atoms with van der Waals surface area (Å²) in [7, 11) is 1.49. The molecule has 1 atom stereocenters. The Bertz CT molecular complexity index is 752. The minimum Gasteiger partial charge on any atom is -0.481 e. The van der Waals surface area contributed by atoms with E-state index in [0.717, 1.165) is 0 Å². The van der Waals surface area contributed by atoms with E-state index < -0.39 is 22.7 Å². The zero-order valence-corrected chi connectivity index (χ0v) is 12.1. The van der Waals surface area contributed by atoms with E-state index in [-0.39, 0.29) is 23.4 Å². The number of nitro groups is 1. The highest BCUT2D eigenvalue weighted by Crippen LogP contribution is 2.25. The zero-order chi connectivity index (χ0) is 16.4. The number of para-hydroxylation sites is 1. The molecule has 0 fully saturated rings. The van der Waals surface area contributed by atoms with Gasteiger partial charge in [-0.25, -0.2) is 0 Å². The lowest BCUT2D eigenvalue weighted by atomic mass is 10.1. The van der Waals surface area contributed by atoms with Gasteiger partial charge in [-0.15, -0.1) is 0 Å². The molecule has 8 heteroatoms. The summed E-state index contributed by atoms with van der Waals surface area (Å²) in [5.74, 6) is -2.11. The van der Waals surface area contributed by atoms with Crippen LogP contribution in [-0.2, 0) is 4.79 Å². The number of H-pyrrole nitrogens is 1. The first kappa shape index (κ1) is 15.5. The molecule has 22 heavy (non-hydrogen) atoms. The lowest BCUT2D eigenvalue weighted by Crippen LogP contribution is -2.33. The molecule has 0 radical (unpaired) electrons. The van der Waals surface area contributed by atoms with Crippen molar-refractivity contribution < 1.29 is 19.6 Å². The Morgan fingerprint density at radius 1 is 1.45 bits per heavy atom. The number of fused-ring (bicyclic) bond motifs is 1. The summed E-state index contributed by atoms with van der Waals surface area (Å²) in [6.07, 6.45) is 0. The summed E-state index contributed by atoms with van der Waals surface area (Å²) < 4.78 is 0. The maximum Gasteiger partial charge on any atom is 0.308 e. The van der Waals surface area contributed by atoms with Crippen molar-refractivity contribution in [3.05, 3.63) is 40.1 Å². The van der Waals surface area contributed by atoms with Crippen LogP contribution in [0.4, 0.5) is 5.69 Å². The van der Waals surface area contributed by atoms with Crippen molar-refractivity contribution in [2.24, 2.45) is 5.92 Å². The van der Waals surface area contributed by atoms with Gasteiger partial charge in [-0.05, 0) is 6.07 Å². The number of hydrogen-bond donors (Lipinski definition) is 2. The molecule has 0 saturated carbocycles. The molecule has 1 heterocycles. The first-order chi connectivity index (χ1) is 10.3. The van der Waals surface area contributed by atoms with Crippen LogP contribution in [0, 0.1) is 16.0 Å². The number of nitrogens with zero attached hydrogens (tertiary/aromatic N) is 2. The number of aromatic amines is 1. The van der Waals surface area contributed by atoms with Crippen molar-refractivity contribution in [3.63, 3.8) is 0 Å². The van der Waals surface area contributed by atoms with Gasteiger partial charge < -0.3 is 15.0 Å².